The first-order valence-corrected chi connectivity index (χ1v) is 11.7. The maximum absolute atomic E-state index is 12.6. The lowest BCUT2D eigenvalue weighted by Gasteiger charge is -2.29. The summed E-state index contributed by atoms with van der Waals surface area (Å²) in [5.41, 5.74) is 0. The van der Waals surface area contributed by atoms with Gasteiger partial charge in [0, 0.05) is 19.0 Å². The van der Waals surface area contributed by atoms with E-state index in [0.29, 0.717) is 11.0 Å². The molecule has 2 amide bonds. The van der Waals surface area contributed by atoms with Gasteiger partial charge in [-0.05, 0) is 63.7 Å². The van der Waals surface area contributed by atoms with Gasteiger partial charge >= 0.3 is 0 Å². The summed E-state index contributed by atoms with van der Waals surface area (Å²) in [6, 6.07) is 0.514. The van der Waals surface area contributed by atoms with Crippen molar-refractivity contribution in [1.29, 1.82) is 0 Å². The SMILES string of the molecule is CC(=O)N(c1nnc(SC(C)C(=O)NC(C)C2CC3CCC2C3)s1)C1CC1. The lowest BCUT2D eigenvalue weighted by atomic mass is 9.84. The summed E-state index contributed by atoms with van der Waals surface area (Å²) in [5, 5.41) is 12.0. The van der Waals surface area contributed by atoms with Crippen molar-refractivity contribution >= 4 is 40.0 Å². The normalized spacial score (nSPS) is 28.8. The Morgan fingerprint density at radius 3 is 2.56 bits per heavy atom. The van der Waals surface area contributed by atoms with Gasteiger partial charge in [-0.3, -0.25) is 14.5 Å². The molecule has 8 heteroatoms. The summed E-state index contributed by atoms with van der Waals surface area (Å²) < 4.78 is 0.743. The second-order valence-corrected chi connectivity index (χ2v) is 10.9. The van der Waals surface area contributed by atoms with E-state index in [9.17, 15) is 9.59 Å². The quantitative estimate of drug-likeness (QED) is 0.552. The molecule has 3 saturated carbocycles. The zero-order valence-electron chi connectivity index (χ0n) is 16.2. The van der Waals surface area contributed by atoms with Crippen molar-refractivity contribution in [2.24, 2.45) is 17.8 Å². The van der Waals surface area contributed by atoms with E-state index in [4.69, 9.17) is 0 Å². The molecule has 3 fully saturated rings. The lowest BCUT2D eigenvalue weighted by molar-refractivity contribution is -0.121. The number of aromatic nitrogens is 2. The number of amides is 2. The van der Waals surface area contributed by atoms with E-state index in [1.165, 1.54) is 48.8 Å². The molecule has 6 nitrogen and oxygen atoms in total. The lowest BCUT2D eigenvalue weighted by Crippen LogP contribution is -2.43. The number of carbonyl (C=O) groups is 2. The van der Waals surface area contributed by atoms with Crippen molar-refractivity contribution in [3.05, 3.63) is 0 Å². The molecule has 27 heavy (non-hydrogen) atoms. The standard InChI is InChI=1S/C19H28N4O2S2/c1-10(16-9-13-4-5-14(16)8-13)20-17(25)11(2)26-19-22-21-18(27-19)23(12(3)24)15-6-7-15/h10-11,13-16H,4-9H2,1-3H3,(H,20,25). The Bertz CT molecular complexity index is 720. The van der Waals surface area contributed by atoms with Gasteiger partial charge in [0.1, 0.15) is 0 Å². The van der Waals surface area contributed by atoms with E-state index in [1.54, 1.807) is 11.8 Å². The van der Waals surface area contributed by atoms with Crippen molar-refractivity contribution in [2.75, 3.05) is 4.90 Å². The Balaban J connectivity index is 1.31. The largest absolute Gasteiger partial charge is 0.352 e. The monoisotopic (exact) mass is 408 g/mol. The molecular weight excluding hydrogens is 380 g/mol. The topological polar surface area (TPSA) is 75.2 Å². The average Bonchev–Trinajstić information content (AvgIpc) is 3.03. The van der Waals surface area contributed by atoms with Crippen molar-refractivity contribution in [3.8, 4) is 0 Å². The Morgan fingerprint density at radius 1 is 1.19 bits per heavy atom. The van der Waals surface area contributed by atoms with Gasteiger partial charge in [0.2, 0.25) is 16.9 Å². The number of rotatable bonds is 7. The Kier molecular flexibility index (Phi) is 5.47. The molecule has 2 bridgehead atoms. The van der Waals surface area contributed by atoms with Gasteiger partial charge in [-0.2, -0.15) is 0 Å². The molecule has 5 atom stereocenters. The molecule has 1 heterocycles. The fourth-order valence-corrected chi connectivity index (χ4v) is 6.90. The minimum atomic E-state index is -0.224. The third kappa shape index (κ3) is 4.16. The number of fused-ring (bicyclic) bond motifs is 2. The van der Waals surface area contributed by atoms with Crippen LogP contribution < -0.4 is 10.2 Å². The first-order valence-electron chi connectivity index (χ1n) is 10.0. The third-order valence-corrected chi connectivity index (χ3v) is 8.41. The first kappa shape index (κ1) is 19.2. The van der Waals surface area contributed by atoms with Crippen LogP contribution in [0.1, 0.15) is 59.3 Å². The smallest absolute Gasteiger partial charge is 0.233 e. The second-order valence-electron chi connectivity index (χ2n) is 8.37. The molecule has 1 N–H and O–H groups in total. The maximum Gasteiger partial charge on any atom is 0.233 e. The molecule has 0 spiro atoms. The summed E-state index contributed by atoms with van der Waals surface area (Å²) in [7, 11) is 0. The predicted molar refractivity (Wildman–Crippen MR) is 108 cm³/mol. The van der Waals surface area contributed by atoms with Gasteiger partial charge < -0.3 is 5.32 Å². The fourth-order valence-electron chi connectivity index (χ4n) is 4.79. The van der Waals surface area contributed by atoms with E-state index in [1.807, 2.05) is 6.92 Å². The van der Waals surface area contributed by atoms with Crippen LogP contribution >= 0.6 is 23.1 Å². The highest BCUT2D eigenvalue weighted by Gasteiger charge is 2.42. The summed E-state index contributed by atoms with van der Waals surface area (Å²) in [4.78, 5) is 26.2. The predicted octanol–water partition coefficient (Wildman–Crippen LogP) is 3.47. The van der Waals surface area contributed by atoms with Crippen molar-refractivity contribution in [2.45, 2.75) is 81.0 Å². The molecule has 0 aliphatic heterocycles. The van der Waals surface area contributed by atoms with Crippen LogP contribution in [0.5, 0.6) is 0 Å². The van der Waals surface area contributed by atoms with Crippen LogP contribution in [0.25, 0.3) is 0 Å². The van der Waals surface area contributed by atoms with Crippen LogP contribution in [0.2, 0.25) is 0 Å². The first-order chi connectivity index (χ1) is 12.9. The fraction of sp³-hybridized carbons (Fsp3) is 0.789. The Labute approximate surface area is 168 Å². The van der Waals surface area contributed by atoms with Crippen molar-refractivity contribution < 1.29 is 9.59 Å². The zero-order chi connectivity index (χ0) is 19.1. The Morgan fingerprint density at radius 2 is 1.96 bits per heavy atom. The molecular formula is C19H28N4O2S2. The summed E-state index contributed by atoms with van der Waals surface area (Å²) >= 11 is 2.83. The van der Waals surface area contributed by atoms with Gasteiger partial charge in [0.05, 0.1) is 5.25 Å². The Hall–Kier alpha value is -1.15. The number of carbonyl (C=O) groups excluding carboxylic acids is 2. The number of thioether (sulfide) groups is 1. The molecule has 4 rings (SSSR count). The second kappa shape index (κ2) is 7.70. The van der Waals surface area contributed by atoms with E-state index >= 15 is 0 Å². The highest BCUT2D eigenvalue weighted by atomic mass is 32.2. The van der Waals surface area contributed by atoms with Gasteiger partial charge in [-0.15, -0.1) is 10.2 Å². The summed E-state index contributed by atoms with van der Waals surface area (Å²) in [6.45, 7) is 5.64. The number of anilines is 1. The number of hydrogen-bond acceptors (Lipinski definition) is 6. The molecule has 3 aliphatic carbocycles. The van der Waals surface area contributed by atoms with Crippen LogP contribution in [0.3, 0.4) is 0 Å². The summed E-state index contributed by atoms with van der Waals surface area (Å²) in [5.74, 6) is 2.41. The molecule has 5 unspecified atom stereocenters. The molecule has 1 aromatic rings. The molecule has 148 valence electrons. The number of hydrogen-bond donors (Lipinski definition) is 1. The maximum atomic E-state index is 12.6. The number of nitrogens with one attached hydrogen (secondary N) is 1. The van der Waals surface area contributed by atoms with Crippen molar-refractivity contribution in [3.63, 3.8) is 0 Å². The summed E-state index contributed by atoms with van der Waals surface area (Å²) in [6.07, 6.45) is 7.40. The van der Waals surface area contributed by atoms with Gasteiger partial charge in [-0.25, -0.2) is 0 Å². The van der Waals surface area contributed by atoms with Gasteiger partial charge in [0.25, 0.3) is 0 Å². The zero-order valence-corrected chi connectivity index (χ0v) is 17.8. The van der Waals surface area contributed by atoms with Crippen LogP contribution in [-0.2, 0) is 9.59 Å². The van der Waals surface area contributed by atoms with Crippen LogP contribution in [0, 0.1) is 17.8 Å². The van der Waals surface area contributed by atoms with E-state index in [-0.39, 0.29) is 29.1 Å². The van der Waals surface area contributed by atoms with Crippen LogP contribution in [0.4, 0.5) is 5.13 Å². The third-order valence-electron chi connectivity index (χ3n) is 6.30. The molecule has 0 saturated heterocycles. The number of nitrogens with zero attached hydrogens (tertiary/aromatic N) is 3. The van der Waals surface area contributed by atoms with E-state index < -0.39 is 0 Å². The molecule has 3 aliphatic rings. The highest BCUT2D eigenvalue weighted by molar-refractivity contribution is 8.02. The van der Waals surface area contributed by atoms with Gasteiger partial charge in [0.15, 0.2) is 4.34 Å². The van der Waals surface area contributed by atoms with Crippen molar-refractivity contribution in [1.82, 2.24) is 15.5 Å². The minimum absolute atomic E-state index is 0.00989. The molecule has 0 aromatic carbocycles. The van der Waals surface area contributed by atoms with E-state index in [0.717, 1.165) is 29.0 Å². The highest BCUT2D eigenvalue weighted by Crippen LogP contribution is 2.49. The average molecular weight is 409 g/mol. The van der Waals surface area contributed by atoms with Crippen LogP contribution in [0.15, 0.2) is 4.34 Å². The van der Waals surface area contributed by atoms with Crippen LogP contribution in [-0.4, -0.2) is 39.3 Å². The van der Waals surface area contributed by atoms with Gasteiger partial charge in [-0.1, -0.05) is 29.5 Å². The van der Waals surface area contributed by atoms with E-state index in [2.05, 4.69) is 22.4 Å². The molecule has 0 radical (unpaired) electrons. The molecule has 1 aromatic heterocycles. The minimum Gasteiger partial charge on any atom is -0.352 e.